The SMILES string of the molecule is O=C(O)C(CNC1CCCCC1)S(=O)(=O)O. The highest BCUT2D eigenvalue weighted by atomic mass is 32.2. The third kappa shape index (κ3) is 4.07. The van der Waals surface area contributed by atoms with Crippen molar-refractivity contribution in [2.45, 2.75) is 43.4 Å². The van der Waals surface area contributed by atoms with Crippen molar-refractivity contribution < 1.29 is 22.9 Å². The molecule has 3 N–H and O–H groups in total. The van der Waals surface area contributed by atoms with Crippen molar-refractivity contribution in [2.24, 2.45) is 0 Å². The van der Waals surface area contributed by atoms with E-state index in [1.165, 1.54) is 6.42 Å². The van der Waals surface area contributed by atoms with Crippen LogP contribution in [0.15, 0.2) is 0 Å². The topological polar surface area (TPSA) is 104 Å². The third-order valence-corrected chi connectivity index (χ3v) is 3.92. The minimum Gasteiger partial charge on any atom is -0.480 e. The maximum atomic E-state index is 10.8. The summed E-state index contributed by atoms with van der Waals surface area (Å²) in [6.07, 6.45) is 5.16. The maximum Gasteiger partial charge on any atom is 0.325 e. The molecule has 0 saturated heterocycles. The van der Waals surface area contributed by atoms with Crippen LogP contribution in [0.5, 0.6) is 0 Å². The van der Waals surface area contributed by atoms with Gasteiger partial charge in [0, 0.05) is 12.6 Å². The number of carbonyl (C=O) groups is 1. The first-order chi connectivity index (χ1) is 7.41. The number of carboxylic acid groups (broad SMARTS) is 1. The zero-order valence-electron chi connectivity index (χ0n) is 8.92. The monoisotopic (exact) mass is 251 g/mol. The van der Waals surface area contributed by atoms with Crippen molar-refractivity contribution in [1.82, 2.24) is 5.32 Å². The van der Waals surface area contributed by atoms with E-state index < -0.39 is 21.3 Å². The fourth-order valence-corrected chi connectivity index (χ4v) is 2.46. The van der Waals surface area contributed by atoms with Crippen molar-refractivity contribution in [3.8, 4) is 0 Å². The molecule has 1 aliphatic carbocycles. The molecule has 1 fully saturated rings. The number of aliphatic carboxylic acids is 1. The van der Waals surface area contributed by atoms with Gasteiger partial charge >= 0.3 is 5.97 Å². The first kappa shape index (κ1) is 13.4. The fraction of sp³-hybridized carbons (Fsp3) is 0.889. The summed E-state index contributed by atoms with van der Waals surface area (Å²) < 4.78 is 30.3. The van der Waals surface area contributed by atoms with E-state index >= 15 is 0 Å². The van der Waals surface area contributed by atoms with Crippen LogP contribution in [0.4, 0.5) is 0 Å². The van der Waals surface area contributed by atoms with E-state index in [0.717, 1.165) is 25.7 Å². The van der Waals surface area contributed by atoms with Crippen LogP contribution in [-0.4, -0.2) is 41.9 Å². The van der Waals surface area contributed by atoms with Crippen molar-refractivity contribution in [3.63, 3.8) is 0 Å². The van der Waals surface area contributed by atoms with Gasteiger partial charge in [0.25, 0.3) is 10.1 Å². The lowest BCUT2D eigenvalue weighted by atomic mass is 9.95. The van der Waals surface area contributed by atoms with E-state index in [0.29, 0.717) is 0 Å². The predicted octanol–water partition coefficient (Wildman–Crippen LogP) is 0.250. The quantitative estimate of drug-likeness (QED) is 0.605. The minimum absolute atomic E-state index is 0.164. The second-order valence-electron chi connectivity index (χ2n) is 4.09. The fourth-order valence-electron chi connectivity index (χ4n) is 1.90. The lowest BCUT2D eigenvalue weighted by Gasteiger charge is -2.23. The van der Waals surface area contributed by atoms with Crippen molar-refractivity contribution >= 4 is 16.1 Å². The van der Waals surface area contributed by atoms with Crippen LogP contribution in [0.1, 0.15) is 32.1 Å². The zero-order chi connectivity index (χ0) is 12.2. The Morgan fingerprint density at radius 2 is 1.88 bits per heavy atom. The second kappa shape index (κ2) is 5.60. The lowest BCUT2D eigenvalue weighted by molar-refractivity contribution is -0.136. The molecule has 1 aliphatic rings. The summed E-state index contributed by atoms with van der Waals surface area (Å²) in [5, 5.41) is 9.78. The van der Waals surface area contributed by atoms with Crippen molar-refractivity contribution in [2.75, 3.05) is 6.54 Å². The van der Waals surface area contributed by atoms with E-state index in [1.54, 1.807) is 0 Å². The molecule has 1 rings (SSSR count). The maximum absolute atomic E-state index is 10.8. The van der Waals surface area contributed by atoms with Gasteiger partial charge in [-0.1, -0.05) is 19.3 Å². The molecule has 0 aromatic heterocycles. The highest BCUT2D eigenvalue weighted by Crippen LogP contribution is 2.17. The van der Waals surface area contributed by atoms with Gasteiger partial charge in [0.1, 0.15) is 0 Å². The summed E-state index contributed by atoms with van der Waals surface area (Å²) in [6.45, 7) is -0.237. The highest BCUT2D eigenvalue weighted by molar-refractivity contribution is 7.87. The Balaban J connectivity index is 2.47. The van der Waals surface area contributed by atoms with E-state index in [1.807, 2.05) is 0 Å². The van der Waals surface area contributed by atoms with Crippen LogP contribution in [0, 0.1) is 0 Å². The largest absolute Gasteiger partial charge is 0.480 e. The smallest absolute Gasteiger partial charge is 0.325 e. The molecule has 0 aromatic rings. The molecule has 1 unspecified atom stereocenters. The second-order valence-corrected chi connectivity index (χ2v) is 5.68. The van der Waals surface area contributed by atoms with Crippen LogP contribution in [0.25, 0.3) is 0 Å². The molecule has 6 nitrogen and oxygen atoms in total. The number of carboxylic acids is 1. The van der Waals surface area contributed by atoms with E-state index in [2.05, 4.69) is 5.32 Å². The molecule has 7 heteroatoms. The molecular formula is C9H17NO5S. The van der Waals surface area contributed by atoms with Crippen LogP contribution >= 0.6 is 0 Å². The molecule has 0 spiro atoms. The Labute approximate surface area is 94.8 Å². The summed E-state index contributed by atoms with van der Waals surface area (Å²) in [4.78, 5) is 10.6. The van der Waals surface area contributed by atoms with E-state index in [-0.39, 0.29) is 12.6 Å². The molecule has 0 bridgehead atoms. The molecule has 0 aromatic carbocycles. The van der Waals surface area contributed by atoms with E-state index in [4.69, 9.17) is 9.66 Å². The molecule has 1 saturated carbocycles. The Hall–Kier alpha value is -0.660. The van der Waals surface area contributed by atoms with Gasteiger partial charge in [-0.3, -0.25) is 9.35 Å². The van der Waals surface area contributed by atoms with Gasteiger partial charge in [-0.2, -0.15) is 8.42 Å². The number of nitrogens with one attached hydrogen (secondary N) is 1. The predicted molar refractivity (Wildman–Crippen MR) is 57.8 cm³/mol. The average Bonchev–Trinajstić information content (AvgIpc) is 2.17. The molecule has 16 heavy (non-hydrogen) atoms. The third-order valence-electron chi connectivity index (χ3n) is 2.83. The standard InChI is InChI=1S/C9H17NO5S/c11-9(12)8(16(13,14)15)6-10-7-4-2-1-3-5-7/h7-8,10H,1-6H2,(H,11,12)(H,13,14,15). The van der Waals surface area contributed by atoms with Gasteiger partial charge in [0.15, 0.2) is 5.25 Å². The van der Waals surface area contributed by atoms with Gasteiger partial charge in [-0.25, -0.2) is 0 Å². The van der Waals surface area contributed by atoms with Crippen LogP contribution < -0.4 is 5.32 Å². The van der Waals surface area contributed by atoms with Gasteiger partial charge in [-0.05, 0) is 12.8 Å². The zero-order valence-corrected chi connectivity index (χ0v) is 9.74. The Kier molecular flexibility index (Phi) is 4.69. The number of hydrogen-bond acceptors (Lipinski definition) is 4. The molecule has 0 aliphatic heterocycles. The van der Waals surface area contributed by atoms with Gasteiger partial charge in [0.2, 0.25) is 0 Å². The van der Waals surface area contributed by atoms with Crippen LogP contribution in [0.3, 0.4) is 0 Å². The van der Waals surface area contributed by atoms with Crippen LogP contribution in [0.2, 0.25) is 0 Å². The molecular weight excluding hydrogens is 234 g/mol. The minimum atomic E-state index is -4.53. The molecule has 0 radical (unpaired) electrons. The summed E-state index contributed by atoms with van der Waals surface area (Å²) in [6, 6.07) is 0.164. The normalized spacial score (nSPS) is 20.6. The number of hydrogen-bond donors (Lipinski definition) is 3. The highest BCUT2D eigenvalue weighted by Gasteiger charge is 2.31. The molecule has 1 atom stereocenters. The van der Waals surface area contributed by atoms with E-state index in [9.17, 15) is 13.2 Å². The van der Waals surface area contributed by atoms with Crippen molar-refractivity contribution in [1.29, 1.82) is 0 Å². The Bertz CT molecular complexity index is 334. The first-order valence-electron chi connectivity index (χ1n) is 5.33. The number of rotatable bonds is 5. The van der Waals surface area contributed by atoms with Gasteiger partial charge in [-0.15, -0.1) is 0 Å². The van der Waals surface area contributed by atoms with Crippen LogP contribution in [-0.2, 0) is 14.9 Å². The first-order valence-corrected chi connectivity index (χ1v) is 6.84. The average molecular weight is 251 g/mol. The summed E-state index contributed by atoms with van der Waals surface area (Å²) in [5.74, 6) is -1.52. The molecule has 0 amide bonds. The van der Waals surface area contributed by atoms with Gasteiger partial charge < -0.3 is 10.4 Å². The Morgan fingerprint density at radius 1 is 1.31 bits per heavy atom. The summed E-state index contributed by atoms with van der Waals surface area (Å²) >= 11 is 0. The Morgan fingerprint density at radius 3 is 2.31 bits per heavy atom. The van der Waals surface area contributed by atoms with Gasteiger partial charge in [0.05, 0.1) is 0 Å². The molecule has 94 valence electrons. The summed E-state index contributed by atoms with van der Waals surface area (Å²) in [5.41, 5.74) is 0. The lowest BCUT2D eigenvalue weighted by Crippen LogP contribution is -2.43. The summed E-state index contributed by atoms with van der Waals surface area (Å²) in [7, 11) is -4.53. The van der Waals surface area contributed by atoms with Crippen molar-refractivity contribution in [3.05, 3.63) is 0 Å². The molecule has 0 heterocycles.